The predicted molar refractivity (Wildman–Crippen MR) is 61.6 cm³/mol. The normalized spacial score (nSPS) is 21.4. The molecule has 1 atom stereocenters. The van der Waals surface area contributed by atoms with Crippen LogP contribution in [0.4, 0.5) is 0 Å². The van der Waals surface area contributed by atoms with E-state index in [1.807, 2.05) is 0 Å². The Morgan fingerprint density at radius 1 is 1.31 bits per heavy atom. The van der Waals surface area contributed by atoms with Crippen molar-refractivity contribution < 1.29 is 17.9 Å². The molecule has 0 aromatic heterocycles. The van der Waals surface area contributed by atoms with Crippen molar-refractivity contribution in [2.45, 2.75) is 38.2 Å². The summed E-state index contributed by atoms with van der Waals surface area (Å²) in [5.41, 5.74) is 0. The molecule has 0 bridgehead atoms. The summed E-state index contributed by atoms with van der Waals surface area (Å²) >= 11 is 0. The van der Waals surface area contributed by atoms with Crippen molar-refractivity contribution in [2.24, 2.45) is 5.14 Å². The van der Waals surface area contributed by atoms with Crippen LogP contribution >= 0.6 is 0 Å². The van der Waals surface area contributed by atoms with Crippen LogP contribution in [-0.4, -0.2) is 40.1 Å². The highest BCUT2D eigenvalue weighted by atomic mass is 32.2. The lowest BCUT2D eigenvalue weighted by Gasteiger charge is -2.09. The Labute approximate surface area is 97.3 Å². The lowest BCUT2D eigenvalue weighted by atomic mass is 10.2. The predicted octanol–water partition coefficient (Wildman–Crippen LogP) is 0.641. The first-order valence-electron chi connectivity index (χ1n) is 5.78. The van der Waals surface area contributed by atoms with Crippen molar-refractivity contribution in [3.05, 3.63) is 0 Å². The SMILES string of the molecule is NS(=O)(=O)CCCCCOCC1CCCO1. The minimum Gasteiger partial charge on any atom is -0.379 e. The van der Waals surface area contributed by atoms with Crippen LogP contribution in [0.1, 0.15) is 32.1 Å². The van der Waals surface area contributed by atoms with Crippen molar-refractivity contribution >= 4 is 10.0 Å². The third-order valence-electron chi connectivity index (χ3n) is 2.55. The van der Waals surface area contributed by atoms with Crippen LogP contribution < -0.4 is 5.14 Å². The topological polar surface area (TPSA) is 78.6 Å². The van der Waals surface area contributed by atoms with Crippen molar-refractivity contribution in [3.63, 3.8) is 0 Å². The molecule has 0 spiro atoms. The van der Waals surface area contributed by atoms with Crippen LogP contribution in [0.25, 0.3) is 0 Å². The molecule has 96 valence electrons. The van der Waals surface area contributed by atoms with Crippen LogP contribution in [0.3, 0.4) is 0 Å². The molecule has 0 saturated carbocycles. The summed E-state index contributed by atoms with van der Waals surface area (Å²) < 4.78 is 32.1. The molecular formula is C10H21NO4S. The standard InChI is InChI=1S/C10H21NO4S/c11-16(12,13)8-3-1-2-6-14-9-10-5-4-7-15-10/h10H,1-9H2,(H2,11,12,13). The maximum absolute atomic E-state index is 10.6. The van der Waals surface area contributed by atoms with E-state index in [2.05, 4.69) is 0 Å². The number of rotatable bonds is 8. The Kier molecular flexibility index (Phi) is 6.26. The van der Waals surface area contributed by atoms with E-state index in [1.165, 1.54) is 0 Å². The molecule has 0 aromatic carbocycles. The van der Waals surface area contributed by atoms with Crippen LogP contribution in [0.2, 0.25) is 0 Å². The van der Waals surface area contributed by atoms with E-state index < -0.39 is 10.0 Å². The number of unbranched alkanes of at least 4 members (excludes halogenated alkanes) is 2. The fourth-order valence-corrected chi connectivity index (χ4v) is 2.28. The number of hydrogen-bond acceptors (Lipinski definition) is 4. The molecule has 1 aliphatic heterocycles. The van der Waals surface area contributed by atoms with Crippen molar-refractivity contribution in [2.75, 3.05) is 25.6 Å². The van der Waals surface area contributed by atoms with Crippen LogP contribution in [0, 0.1) is 0 Å². The van der Waals surface area contributed by atoms with Crippen molar-refractivity contribution in [3.8, 4) is 0 Å². The number of primary sulfonamides is 1. The van der Waals surface area contributed by atoms with E-state index in [1.54, 1.807) is 0 Å². The fourth-order valence-electron chi connectivity index (χ4n) is 1.67. The van der Waals surface area contributed by atoms with Gasteiger partial charge in [0.25, 0.3) is 0 Å². The molecule has 0 aromatic rings. The zero-order chi connectivity index (χ0) is 11.9. The van der Waals surface area contributed by atoms with E-state index in [9.17, 15) is 8.42 Å². The third-order valence-corrected chi connectivity index (χ3v) is 3.40. The van der Waals surface area contributed by atoms with Gasteiger partial charge in [0.1, 0.15) is 0 Å². The molecule has 0 radical (unpaired) electrons. The van der Waals surface area contributed by atoms with Gasteiger partial charge in [-0.25, -0.2) is 13.6 Å². The second-order valence-corrected chi connectivity index (χ2v) is 5.87. The summed E-state index contributed by atoms with van der Waals surface area (Å²) in [6, 6.07) is 0. The lowest BCUT2D eigenvalue weighted by molar-refractivity contribution is 0.0162. The molecule has 6 heteroatoms. The maximum atomic E-state index is 10.6. The molecular weight excluding hydrogens is 230 g/mol. The van der Waals surface area contributed by atoms with Crippen LogP contribution in [0.5, 0.6) is 0 Å². The van der Waals surface area contributed by atoms with Gasteiger partial charge in [-0.1, -0.05) is 6.42 Å². The Balaban J connectivity index is 1.84. The van der Waals surface area contributed by atoms with Gasteiger partial charge < -0.3 is 9.47 Å². The molecule has 0 aliphatic carbocycles. The highest BCUT2D eigenvalue weighted by Crippen LogP contribution is 2.12. The second kappa shape index (κ2) is 7.21. The molecule has 1 aliphatic rings. The molecule has 2 N–H and O–H groups in total. The van der Waals surface area contributed by atoms with Gasteiger partial charge >= 0.3 is 0 Å². The lowest BCUT2D eigenvalue weighted by Crippen LogP contribution is -2.16. The molecule has 1 unspecified atom stereocenters. The highest BCUT2D eigenvalue weighted by Gasteiger charge is 2.14. The van der Waals surface area contributed by atoms with Crippen molar-refractivity contribution in [1.29, 1.82) is 0 Å². The number of ether oxygens (including phenoxy) is 2. The average molecular weight is 251 g/mol. The van der Waals surface area contributed by atoms with E-state index in [0.717, 1.165) is 32.3 Å². The molecule has 1 rings (SSSR count). The second-order valence-electron chi connectivity index (χ2n) is 4.14. The van der Waals surface area contributed by atoms with Gasteiger partial charge in [0.2, 0.25) is 10.0 Å². The van der Waals surface area contributed by atoms with E-state index in [0.29, 0.717) is 19.6 Å². The first-order valence-corrected chi connectivity index (χ1v) is 7.49. The molecule has 1 heterocycles. The first-order chi connectivity index (χ1) is 7.58. The Morgan fingerprint density at radius 2 is 2.12 bits per heavy atom. The van der Waals surface area contributed by atoms with Crippen LogP contribution in [-0.2, 0) is 19.5 Å². The Morgan fingerprint density at radius 3 is 2.75 bits per heavy atom. The quantitative estimate of drug-likeness (QED) is 0.642. The number of nitrogens with two attached hydrogens (primary N) is 1. The largest absolute Gasteiger partial charge is 0.379 e. The first kappa shape index (κ1) is 13.9. The van der Waals surface area contributed by atoms with E-state index >= 15 is 0 Å². The summed E-state index contributed by atoms with van der Waals surface area (Å²) in [6.45, 7) is 2.18. The van der Waals surface area contributed by atoms with Gasteiger partial charge in [-0.15, -0.1) is 0 Å². The highest BCUT2D eigenvalue weighted by molar-refractivity contribution is 7.89. The minimum atomic E-state index is -3.29. The van der Waals surface area contributed by atoms with Gasteiger partial charge in [-0.3, -0.25) is 0 Å². The summed E-state index contributed by atoms with van der Waals surface area (Å²) in [4.78, 5) is 0. The number of hydrogen-bond donors (Lipinski definition) is 1. The van der Waals surface area contributed by atoms with Gasteiger partial charge in [0.15, 0.2) is 0 Å². The zero-order valence-electron chi connectivity index (χ0n) is 9.56. The van der Waals surface area contributed by atoms with Gasteiger partial charge in [-0.05, 0) is 25.7 Å². The van der Waals surface area contributed by atoms with E-state index in [4.69, 9.17) is 14.6 Å². The molecule has 1 fully saturated rings. The molecule has 5 nitrogen and oxygen atoms in total. The summed E-state index contributed by atoms with van der Waals surface area (Å²) in [7, 11) is -3.29. The fraction of sp³-hybridized carbons (Fsp3) is 1.00. The van der Waals surface area contributed by atoms with Gasteiger partial charge in [0.05, 0.1) is 18.5 Å². The summed E-state index contributed by atoms with van der Waals surface area (Å²) in [5.74, 6) is 0.0682. The molecule has 0 amide bonds. The minimum absolute atomic E-state index is 0.0682. The molecule has 1 saturated heterocycles. The average Bonchev–Trinajstić information content (AvgIpc) is 2.67. The maximum Gasteiger partial charge on any atom is 0.209 e. The monoisotopic (exact) mass is 251 g/mol. The summed E-state index contributed by atoms with van der Waals surface area (Å²) in [6.07, 6.45) is 4.81. The van der Waals surface area contributed by atoms with Crippen molar-refractivity contribution in [1.82, 2.24) is 0 Å². The van der Waals surface area contributed by atoms with Gasteiger partial charge in [-0.2, -0.15) is 0 Å². The van der Waals surface area contributed by atoms with Crippen LogP contribution in [0.15, 0.2) is 0 Å². The van der Waals surface area contributed by atoms with E-state index in [-0.39, 0.29) is 11.9 Å². The molecule has 16 heavy (non-hydrogen) atoms. The number of sulfonamides is 1. The Bertz CT molecular complexity index is 273. The zero-order valence-corrected chi connectivity index (χ0v) is 10.4. The Hall–Kier alpha value is -0.170. The smallest absolute Gasteiger partial charge is 0.209 e. The summed E-state index contributed by atoms with van der Waals surface area (Å²) in [5, 5.41) is 4.88. The third kappa shape index (κ3) is 7.16. The van der Waals surface area contributed by atoms with Gasteiger partial charge in [0, 0.05) is 13.2 Å².